The van der Waals surface area contributed by atoms with E-state index >= 15 is 0 Å². The summed E-state index contributed by atoms with van der Waals surface area (Å²) in [6.45, 7) is 1.91. The summed E-state index contributed by atoms with van der Waals surface area (Å²) in [6.07, 6.45) is 6.26. The van der Waals surface area contributed by atoms with Gasteiger partial charge in [0.15, 0.2) is 5.78 Å². The Morgan fingerprint density at radius 2 is 1.71 bits per heavy atom. The standard InChI is InChI=1S/C29H30ClNO3/c1-18-26(29(33)34-23-13-6-3-7-14-23)27(20-11-8-12-22(30)15-20)28-24(31-18)16-21(17-25(28)32)19-9-4-2-5-10-19/h2,4-5,8-12,15,21,23,27,31H,3,6-7,13-14,16-17H2,1H3/t21-,27-/m0/s1. The van der Waals surface area contributed by atoms with Crippen LogP contribution in [-0.4, -0.2) is 17.9 Å². The van der Waals surface area contributed by atoms with Crippen LogP contribution < -0.4 is 5.32 Å². The zero-order valence-corrected chi connectivity index (χ0v) is 20.2. The van der Waals surface area contributed by atoms with Gasteiger partial charge in [0.1, 0.15) is 6.10 Å². The molecule has 0 spiro atoms. The number of carbonyl (C=O) groups excluding carboxylic acids is 2. The predicted octanol–water partition coefficient (Wildman–Crippen LogP) is 6.58. The molecule has 2 aliphatic carbocycles. The summed E-state index contributed by atoms with van der Waals surface area (Å²) < 4.78 is 5.98. The Hall–Kier alpha value is -2.85. The first-order valence-corrected chi connectivity index (χ1v) is 12.6. The van der Waals surface area contributed by atoms with Crippen molar-refractivity contribution in [1.29, 1.82) is 0 Å². The molecule has 1 aliphatic heterocycles. The molecule has 4 nitrogen and oxygen atoms in total. The quantitative estimate of drug-likeness (QED) is 0.507. The van der Waals surface area contributed by atoms with E-state index < -0.39 is 5.92 Å². The monoisotopic (exact) mass is 475 g/mol. The number of benzene rings is 2. The number of esters is 1. The van der Waals surface area contributed by atoms with Crippen molar-refractivity contribution in [2.24, 2.45) is 0 Å². The highest BCUT2D eigenvalue weighted by molar-refractivity contribution is 6.30. The molecule has 0 bridgehead atoms. The Morgan fingerprint density at radius 3 is 2.44 bits per heavy atom. The van der Waals surface area contributed by atoms with E-state index in [0.717, 1.165) is 54.6 Å². The highest BCUT2D eigenvalue weighted by Gasteiger charge is 2.42. The van der Waals surface area contributed by atoms with Crippen LogP contribution in [0.2, 0.25) is 5.02 Å². The second kappa shape index (κ2) is 9.79. The van der Waals surface area contributed by atoms with Crippen LogP contribution in [0.5, 0.6) is 0 Å². The molecule has 176 valence electrons. The normalized spacial score (nSPS) is 23.4. The van der Waals surface area contributed by atoms with Crippen molar-refractivity contribution in [3.8, 4) is 0 Å². The van der Waals surface area contributed by atoms with E-state index in [9.17, 15) is 9.59 Å². The van der Waals surface area contributed by atoms with Crippen LogP contribution in [0.4, 0.5) is 0 Å². The molecule has 2 atom stereocenters. The van der Waals surface area contributed by atoms with Gasteiger partial charge in [-0.25, -0.2) is 4.79 Å². The molecule has 2 aromatic rings. The van der Waals surface area contributed by atoms with E-state index in [1.165, 1.54) is 6.42 Å². The van der Waals surface area contributed by atoms with E-state index in [1.807, 2.05) is 49.4 Å². The lowest BCUT2D eigenvalue weighted by atomic mass is 9.71. The smallest absolute Gasteiger partial charge is 0.337 e. The van der Waals surface area contributed by atoms with Crippen LogP contribution in [0.25, 0.3) is 0 Å². The molecular weight excluding hydrogens is 446 g/mol. The second-order valence-corrected chi connectivity index (χ2v) is 10.1. The van der Waals surface area contributed by atoms with Gasteiger partial charge in [0.05, 0.1) is 5.57 Å². The van der Waals surface area contributed by atoms with Gasteiger partial charge in [-0.05, 0) is 68.2 Å². The lowest BCUT2D eigenvalue weighted by molar-refractivity contribution is -0.146. The highest BCUT2D eigenvalue weighted by atomic mass is 35.5. The first-order chi connectivity index (χ1) is 16.5. The fourth-order valence-electron chi connectivity index (χ4n) is 5.69. The van der Waals surface area contributed by atoms with Crippen LogP contribution in [0.1, 0.15) is 74.8 Å². The van der Waals surface area contributed by atoms with Crippen molar-refractivity contribution in [2.45, 2.75) is 69.8 Å². The molecule has 3 aliphatic rings. The predicted molar refractivity (Wildman–Crippen MR) is 133 cm³/mol. The molecular formula is C29H30ClNO3. The third-order valence-corrected chi connectivity index (χ3v) is 7.56. The zero-order valence-electron chi connectivity index (χ0n) is 19.5. The van der Waals surface area contributed by atoms with Crippen LogP contribution >= 0.6 is 11.6 Å². The average Bonchev–Trinajstić information content (AvgIpc) is 2.84. The van der Waals surface area contributed by atoms with E-state index in [-0.39, 0.29) is 23.8 Å². The van der Waals surface area contributed by atoms with Crippen molar-refractivity contribution < 1.29 is 14.3 Å². The summed E-state index contributed by atoms with van der Waals surface area (Å²) in [6, 6.07) is 17.7. The molecule has 1 heterocycles. The number of ketones is 1. The summed E-state index contributed by atoms with van der Waals surface area (Å²) in [7, 11) is 0. The molecule has 1 fully saturated rings. The Bertz CT molecular complexity index is 1160. The lowest BCUT2D eigenvalue weighted by Crippen LogP contribution is -2.37. The summed E-state index contributed by atoms with van der Waals surface area (Å²) >= 11 is 6.35. The van der Waals surface area contributed by atoms with Gasteiger partial charge in [0, 0.05) is 34.3 Å². The van der Waals surface area contributed by atoms with Gasteiger partial charge in [0.25, 0.3) is 0 Å². The molecule has 5 rings (SSSR count). The summed E-state index contributed by atoms with van der Waals surface area (Å²) in [5.74, 6) is -0.617. The minimum Gasteiger partial charge on any atom is -0.459 e. The van der Waals surface area contributed by atoms with Gasteiger partial charge in [-0.3, -0.25) is 4.79 Å². The molecule has 2 aromatic carbocycles. The van der Waals surface area contributed by atoms with Crippen molar-refractivity contribution in [3.63, 3.8) is 0 Å². The molecule has 1 saturated carbocycles. The van der Waals surface area contributed by atoms with Crippen molar-refractivity contribution >= 4 is 23.4 Å². The summed E-state index contributed by atoms with van der Waals surface area (Å²) in [4.78, 5) is 27.2. The van der Waals surface area contributed by atoms with Gasteiger partial charge in [-0.15, -0.1) is 0 Å². The van der Waals surface area contributed by atoms with Gasteiger partial charge in [0.2, 0.25) is 0 Å². The molecule has 1 N–H and O–H groups in total. The number of rotatable bonds is 4. The van der Waals surface area contributed by atoms with Crippen LogP contribution in [0, 0.1) is 0 Å². The van der Waals surface area contributed by atoms with Gasteiger partial charge >= 0.3 is 5.97 Å². The van der Waals surface area contributed by atoms with E-state index in [1.54, 1.807) is 0 Å². The van der Waals surface area contributed by atoms with E-state index in [0.29, 0.717) is 22.6 Å². The summed E-state index contributed by atoms with van der Waals surface area (Å²) in [5.41, 5.74) is 4.87. The average molecular weight is 476 g/mol. The number of allylic oxidation sites excluding steroid dienone is 3. The maximum absolute atomic E-state index is 13.6. The van der Waals surface area contributed by atoms with Crippen molar-refractivity contribution in [1.82, 2.24) is 5.32 Å². The van der Waals surface area contributed by atoms with E-state index in [2.05, 4.69) is 17.4 Å². The maximum atomic E-state index is 13.6. The Morgan fingerprint density at radius 1 is 0.971 bits per heavy atom. The maximum Gasteiger partial charge on any atom is 0.337 e. The van der Waals surface area contributed by atoms with Crippen LogP contribution in [0.15, 0.2) is 77.1 Å². The third kappa shape index (κ3) is 4.56. The first-order valence-electron chi connectivity index (χ1n) is 12.3. The largest absolute Gasteiger partial charge is 0.459 e. The molecule has 34 heavy (non-hydrogen) atoms. The SMILES string of the molecule is CC1=C(C(=O)OC2CCCCC2)[C@H](c2cccc(Cl)c2)C2=C(C[C@H](c3ccccc3)CC2=O)N1. The first kappa shape index (κ1) is 22.9. The number of carbonyl (C=O) groups is 2. The lowest BCUT2D eigenvalue weighted by Gasteiger charge is -2.37. The number of hydrogen-bond acceptors (Lipinski definition) is 4. The zero-order chi connectivity index (χ0) is 23.7. The Balaban J connectivity index is 1.53. The number of hydrogen-bond donors (Lipinski definition) is 1. The third-order valence-electron chi connectivity index (χ3n) is 7.33. The van der Waals surface area contributed by atoms with Gasteiger partial charge < -0.3 is 10.1 Å². The fourth-order valence-corrected chi connectivity index (χ4v) is 5.89. The Labute approximate surface area is 206 Å². The number of nitrogens with one attached hydrogen (secondary N) is 1. The van der Waals surface area contributed by atoms with Crippen LogP contribution in [0.3, 0.4) is 0 Å². The molecule has 0 amide bonds. The molecule has 5 heteroatoms. The fraction of sp³-hybridized carbons (Fsp3) is 0.379. The van der Waals surface area contributed by atoms with Gasteiger partial charge in [-0.1, -0.05) is 60.5 Å². The number of halogens is 1. The minimum absolute atomic E-state index is 0.0542. The highest BCUT2D eigenvalue weighted by Crippen LogP contribution is 2.46. The molecule has 0 aromatic heterocycles. The minimum atomic E-state index is -0.477. The number of ether oxygens (including phenoxy) is 1. The summed E-state index contributed by atoms with van der Waals surface area (Å²) in [5, 5.41) is 4.02. The number of dihydropyridines is 1. The molecule has 0 saturated heterocycles. The van der Waals surface area contributed by atoms with Gasteiger partial charge in [-0.2, -0.15) is 0 Å². The molecule has 0 unspecified atom stereocenters. The Kier molecular flexibility index (Phi) is 6.60. The molecule has 0 radical (unpaired) electrons. The van der Waals surface area contributed by atoms with Crippen molar-refractivity contribution in [3.05, 3.63) is 93.3 Å². The second-order valence-electron chi connectivity index (χ2n) is 9.65. The number of Topliss-reactive ketones (excluding diaryl/α,β-unsaturated/α-hetero) is 1. The topological polar surface area (TPSA) is 55.4 Å². The van der Waals surface area contributed by atoms with Crippen LogP contribution in [-0.2, 0) is 14.3 Å². The van der Waals surface area contributed by atoms with Crippen molar-refractivity contribution in [2.75, 3.05) is 0 Å². The van der Waals surface area contributed by atoms with E-state index in [4.69, 9.17) is 16.3 Å².